The number of benzene rings is 3. The van der Waals surface area contributed by atoms with Crippen LogP contribution >= 0.6 is 0 Å². The normalized spacial score (nSPS) is 11.8. The molecule has 0 saturated carbocycles. The van der Waals surface area contributed by atoms with Crippen molar-refractivity contribution in [1.82, 2.24) is 4.98 Å². The smallest absolute Gasteiger partial charge is 0.343 e. The summed E-state index contributed by atoms with van der Waals surface area (Å²) in [6.45, 7) is 0.208. The molecule has 0 saturated heterocycles. The Labute approximate surface area is 180 Å². The summed E-state index contributed by atoms with van der Waals surface area (Å²) in [5.41, 5.74) is 8.15. The van der Waals surface area contributed by atoms with Crippen LogP contribution in [0.3, 0.4) is 0 Å². The van der Waals surface area contributed by atoms with Crippen molar-refractivity contribution in [1.29, 1.82) is 0 Å². The van der Waals surface area contributed by atoms with Crippen LogP contribution in [0.2, 0.25) is 0 Å². The van der Waals surface area contributed by atoms with E-state index in [-0.39, 0.29) is 12.3 Å². The molecule has 0 amide bonds. The first kappa shape index (κ1) is 20.4. The Bertz CT molecular complexity index is 1200. The van der Waals surface area contributed by atoms with Crippen LogP contribution in [0.15, 0.2) is 91.3 Å². The van der Waals surface area contributed by atoms with Crippen LogP contribution in [-0.2, 0) is 11.2 Å². The summed E-state index contributed by atoms with van der Waals surface area (Å²) in [5.74, 6) is -0.382. The third-order valence-corrected chi connectivity index (χ3v) is 5.21. The summed E-state index contributed by atoms with van der Waals surface area (Å²) in [7, 11) is 0. The van der Waals surface area contributed by atoms with E-state index in [2.05, 4.69) is 4.98 Å². The number of hydrogen-bond donors (Lipinski definition) is 1. The number of ketones is 1. The molecule has 0 spiro atoms. The summed E-state index contributed by atoms with van der Waals surface area (Å²) in [6.07, 6.45) is 3.84. The number of carbonyl (C=O) groups is 2. The number of Topliss-reactive ketones (excluding diaryl/α,β-unsaturated/α-hetero) is 1. The molecule has 4 rings (SSSR count). The highest BCUT2D eigenvalue weighted by Crippen LogP contribution is 2.23. The predicted molar refractivity (Wildman–Crippen MR) is 120 cm³/mol. The third kappa shape index (κ3) is 4.85. The predicted octanol–water partition coefficient (Wildman–Crippen LogP) is 4.31. The Morgan fingerprint density at radius 2 is 1.68 bits per heavy atom. The molecule has 1 unspecified atom stereocenters. The number of nitrogens with zero attached hydrogens (tertiary/aromatic N) is 1. The standard InChI is InChI=1S/C26H22N2O3/c27-16-24(25(29)15-18-6-7-22-17-28-13-12-21(22)14-18)19-8-10-23(11-9-19)31-26(30)20-4-2-1-3-5-20/h1-14,17,24H,15-16,27H2. The molecule has 0 radical (unpaired) electrons. The topological polar surface area (TPSA) is 82.3 Å². The van der Waals surface area contributed by atoms with Crippen LogP contribution < -0.4 is 10.5 Å². The van der Waals surface area contributed by atoms with Crippen LogP contribution in [0.1, 0.15) is 27.4 Å². The highest BCUT2D eigenvalue weighted by molar-refractivity contribution is 5.91. The van der Waals surface area contributed by atoms with Gasteiger partial charge in [-0.25, -0.2) is 4.79 Å². The number of rotatable bonds is 7. The van der Waals surface area contributed by atoms with Crippen molar-refractivity contribution in [3.05, 3.63) is 108 Å². The number of hydrogen-bond acceptors (Lipinski definition) is 5. The van der Waals surface area contributed by atoms with Crippen molar-refractivity contribution in [3.63, 3.8) is 0 Å². The molecular weight excluding hydrogens is 388 g/mol. The van der Waals surface area contributed by atoms with Gasteiger partial charge in [-0.15, -0.1) is 0 Å². The maximum atomic E-state index is 13.0. The summed E-state index contributed by atoms with van der Waals surface area (Å²) < 4.78 is 5.41. The monoisotopic (exact) mass is 410 g/mol. The highest BCUT2D eigenvalue weighted by Gasteiger charge is 2.20. The molecule has 31 heavy (non-hydrogen) atoms. The van der Waals surface area contributed by atoms with E-state index in [0.29, 0.717) is 17.7 Å². The zero-order chi connectivity index (χ0) is 21.6. The van der Waals surface area contributed by atoms with E-state index in [4.69, 9.17) is 10.5 Å². The molecule has 1 atom stereocenters. The molecule has 154 valence electrons. The first-order valence-corrected chi connectivity index (χ1v) is 10.1. The molecule has 1 aromatic heterocycles. The Morgan fingerprint density at radius 1 is 0.903 bits per heavy atom. The second-order valence-corrected chi connectivity index (χ2v) is 7.31. The van der Waals surface area contributed by atoms with Crippen LogP contribution in [-0.4, -0.2) is 23.3 Å². The van der Waals surface area contributed by atoms with E-state index in [9.17, 15) is 9.59 Å². The van der Waals surface area contributed by atoms with Crippen molar-refractivity contribution < 1.29 is 14.3 Å². The molecule has 0 bridgehead atoms. The molecule has 4 aromatic rings. The second kappa shape index (κ2) is 9.32. The molecule has 1 heterocycles. The highest BCUT2D eigenvalue weighted by atomic mass is 16.5. The largest absolute Gasteiger partial charge is 0.423 e. The van der Waals surface area contributed by atoms with Crippen LogP contribution in [0, 0.1) is 0 Å². The van der Waals surface area contributed by atoms with Gasteiger partial charge in [0, 0.05) is 30.7 Å². The molecule has 2 N–H and O–H groups in total. The van der Waals surface area contributed by atoms with Gasteiger partial charge in [0.2, 0.25) is 0 Å². The van der Waals surface area contributed by atoms with Gasteiger partial charge >= 0.3 is 5.97 Å². The van der Waals surface area contributed by atoms with Gasteiger partial charge in [-0.3, -0.25) is 9.78 Å². The van der Waals surface area contributed by atoms with E-state index in [1.807, 2.05) is 30.3 Å². The van der Waals surface area contributed by atoms with Gasteiger partial charge in [-0.05, 0) is 46.8 Å². The minimum Gasteiger partial charge on any atom is -0.423 e. The molecule has 5 nitrogen and oxygen atoms in total. The molecule has 5 heteroatoms. The number of carbonyl (C=O) groups excluding carboxylic acids is 2. The van der Waals surface area contributed by atoms with Crippen LogP contribution in [0.25, 0.3) is 10.8 Å². The van der Waals surface area contributed by atoms with Crippen LogP contribution in [0.5, 0.6) is 5.75 Å². The SMILES string of the molecule is NCC(C(=O)Cc1ccc2cnccc2c1)c1ccc(OC(=O)c2ccccc2)cc1. The van der Waals surface area contributed by atoms with Gasteiger partial charge in [-0.1, -0.05) is 48.5 Å². The number of esters is 1. The van der Waals surface area contributed by atoms with Gasteiger partial charge in [0.15, 0.2) is 0 Å². The first-order chi connectivity index (χ1) is 15.1. The lowest BCUT2D eigenvalue weighted by atomic mass is 9.90. The molecule has 0 aliphatic heterocycles. The van der Waals surface area contributed by atoms with E-state index in [1.165, 1.54) is 0 Å². The molecular formula is C26H22N2O3. The third-order valence-electron chi connectivity index (χ3n) is 5.21. The Morgan fingerprint density at radius 3 is 2.42 bits per heavy atom. The molecule has 0 aliphatic rings. The van der Waals surface area contributed by atoms with Crippen molar-refractivity contribution in [2.45, 2.75) is 12.3 Å². The van der Waals surface area contributed by atoms with E-state index in [0.717, 1.165) is 21.9 Å². The lowest BCUT2D eigenvalue weighted by molar-refractivity contribution is -0.119. The number of fused-ring (bicyclic) bond motifs is 1. The van der Waals surface area contributed by atoms with E-state index in [1.54, 1.807) is 60.9 Å². The minimum atomic E-state index is -0.425. The van der Waals surface area contributed by atoms with Gasteiger partial charge in [0.05, 0.1) is 11.5 Å². The number of nitrogens with two attached hydrogens (primary N) is 1. The van der Waals surface area contributed by atoms with Crippen molar-refractivity contribution >= 4 is 22.5 Å². The average Bonchev–Trinajstić information content (AvgIpc) is 2.81. The van der Waals surface area contributed by atoms with Gasteiger partial charge in [-0.2, -0.15) is 0 Å². The fourth-order valence-electron chi connectivity index (χ4n) is 3.53. The van der Waals surface area contributed by atoms with Gasteiger partial charge in [0.1, 0.15) is 11.5 Å². The van der Waals surface area contributed by atoms with Crippen molar-refractivity contribution in [3.8, 4) is 5.75 Å². The summed E-state index contributed by atoms with van der Waals surface area (Å²) in [6, 6.07) is 23.6. The Balaban J connectivity index is 1.45. The van der Waals surface area contributed by atoms with Crippen molar-refractivity contribution in [2.24, 2.45) is 5.73 Å². The van der Waals surface area contributed by atoms with E-state index < -0.39 is 11.9 Å². The van der Waals surface area contributed by atoms with Crippen molar-refractivity contribution in [2.75, 3.05) is 6.54 Å². The van der Waals surface area contributed by atoms with Crippen LogP contribution in [0.4, 0.5) is 0 Å². The Kier molecular flexibility index (Phi) is 6.15. The van der Waals surface area contributed by atoms with E-state index >= 15 is 0 Å². The molecule has 3 aromatic carbocycles. The number of aromatic nitrogens is 1. The number of pyridine rings is 1. The average molecular weight is 410 g/mol. The summed E-state index contributed by atoms with van der Waals surface area (Å²) in [5, 5.41) is 2.09. The minimum absolute atomic E-state index is 0.0462. The fraction of sp³-hybridized carbons (Fsp3) is 0.115. The summed E-state index contributed by atoms with van der Waals surface area (Å²) in [4.78, 5) is 29.3. The molecule has 0 aliphatic carbocycles. The maximum Gasteiger partial charge on any atom is 0.343 e. The second-order valence-electron chi connectivity index (χ2n) is 7.31. The lowest BCUT2D eigenvalue weighted by Gasteiger charge is -2.15. The van der Waals surface area contributed by atoms with Gasteiger partial charge in [0.25, 0.3) is 0 Å². The maximum absolute atomic E-state index is 13.0. The lowest BCUT2D eigenvalue weighted by Crippen LogP contribution is -2.23. The Hall–Kier alpha value is -3.83. The first-order valence-electron chi connectivity index (χ1n) is 10.1. The zero-order valence-electron chi connectivity index (χ0n) is 16.9. The molecule has 0 fully saturated rings. The zero-order valence-corrected chi connectivity index (χ0v) is 16.9. The summed E-state index contributed by atoms with van der Waals surface area (Å²) >= 11 is 0. The number of ether oxygens (including phenoxy) is 1. The fourth-order valence-corrected chi connectivity index (χ4v) is 3.53. The van der Waals surface area contributed by atoms with Gasteiger partial charge < -0.3 is 10.5 Å². The quantitative estimate of drug-likeness (QED) is 0.363.